The van der Waals surface area contributed by atoms with Crippen LogP contribution in [0.15, 0.2) is 35.1 Å². The summed E-state index contributed by atoms with van der Waals surface area (Å²) in [6.45, 7) is 4.12. The Hall–Kier alpha value is -2.50. The summed E-state index contributed by atoms with van der Waals surface area (Å²) in [5.74, 6) is 0. The molecule has 0 bridgehead atoms. The molecular formula is C14H18N4O2. The van der Waals surface area contributed by atoms with E-state index >= 15 is 0 Å². The van der Waals surface area contributed by atoms with Crippen LogP contribution in [0.25, 0.3) is 5.69 Å². The molecule has 0 saturated heterocycles. The first kappa shape index (κ1) is 13.9. The van der Waals surface area contributed by atoms with Crippen LogP contribution in [0.4, 0.5) is 10.5 Å². The number of anilines is 1. The van der Waals surface area contributed by atoms with Crippen molar-refractivity contribution in [3.05, 3.63) is 46.4 Å². The van der Waals surface area contributed by atoms with Crippen LogP contribution in [0.5, 0.6) is 0 Å². The minimum atomic E-state index is -0.376. The van der Waals surface area contributed by atoms with Crippen molar-refractivity contribution in [2.24, 2.45) is 7.05 Å². The highest BCUT2D eigenvalue weighted by Crippen LogP contribution is 2.13. The lowest BCUT2D eigenvalue weighted by molar-refractivity contribution is 0.252. The van der Waals surface area contributed by atoms with Gasteiger partial charge in [0.15, 0.2) is 0 Å². The van der Waals surface area contributed by atoms with Gasteiger partial charge in [-0.2, -0.15) is 0 Å². The largest absolute Gasteiger partial charge is 0.338 e. The van der Waals surface area contributed by atoms with Gasteiger partial charge in [0, 0.05) is 13.6 Å². The minimum Gasteiger partial charge on any atom is -0.338 e. The maximum Gasteiger partial charge on any atom is 0.319 e. The zero-order chi connectivity index (χ0) is 14.7. The lowest BCUT2D eigenvalue weighted by atomic mass is 10.3. The molecule has 0 unspecified atom stereocenters. The van der Waals surface area contributed by atoms with Gasteiger partial charge in [-0.3, -0.25) is 9.48 Å². The predicted octanol–water partition coefficient (Wildman–Crippen LogP) is 1.63. The molecule has 1 aromatic carbocycles. The molecule has 0 atom stereocenters. The molecule has 0 saturated carbocycles. The SMILES string of the molecule is CCNC(=O)Nc1c(C)n(C)n(-c2ccccc2)c1=O. The van der Waals surface area contributed by atoms with E-state index in [2.05, 4.69) is 10.6 Å². The third kappa shape index (κ3) is 2.45. The van der Waals surface area contributed by atoms with Gasteiger partial charge in [0.05, 0.1) is 11.4 Å². The number of hydrogen-bond acceptors (Lipinski definition) is 2. The molecule has 20 heavy (non-hydrogen) atoms. The lowest BCUT2D eigenvalue weighted by Gasteiger charge is -2.07. The standard InChI is InChI=1S/C14H18N4O2/c1-4-15-14(20)16-12-10(2)17(3)18(13(12)19)11-8-6-5-7-9-11/h5-9H,4H2,1-3H3,(H2,15,16,20). The Morgan fingerprint density at radius 2 is 1.90 bits per heavy atom. The van der Waals surface area contributed by atoms with Gasteiger partial charge in [-0.25, -0.2) is 9.48 Å². The van der Waals surface area contributed by atoms with E-state index in [0.29, 0.717) is 17.9 Å². The highest BCUT2D eigenvalue weighted by Gasteiger charge is 2.17. The van der Waals surface area contributed by atoms with Gasteiger partial charge in [0.2, 0.25) is 0 Å². The van der Waals surface area contributed by atoms with Gasteiger partial charge in [-0.15, -0.1) is 0 Å². The summed E-state index contributed by atoms with van der Waals surface area (Å²) in [6.07, 6.45) is 0. The number of rotatable bonds is 3. The van der Waals surface area contributed by atoms with Crippen molar-refractivity contribution < 1.29 is 4.79 Å². The molecule has 2 N–H and O–H groups in total. The molecule has 2 aromatic rings. The van der Waals surface area contributed by atoms with E-state index in [0.717, 1.165) is 5.69 Å². The quantitative estimate of drug-likeness (QED) is 0.893. The summed E-state index contributed by atoms with van der Waals surface area (Å²) in [5, 5.41) is 5.22. The zero-order valence-corrected chi connectivity index (χ0v) is 11.8. The van der Waals surface area contributed by atoms with E-state index in [9.17, 15) is 9.59 Å². The topological polar surface area (TPSA) is 68.1 Å². The smallest absolute Gasteiger partial charge is 0.319 e. The second-order valence-electron chi connectivity index (χ2n) is 4.42. The highest BCUT2D eigenvalue weighted by molar-refractivity contribution is 5.89. The fraction of sp³-hybridized carbons (Fsp3) is 0.286. The van der Waals surface area contributed by atoms with E-state index < -0.39 is 0 Å². The Balaban J connectivity index is 2.47. The fourth-order valence-electron chi connectivity index (χ4n) is 2.03. The van der Waals surface area contributed by atoms with Gasteiger partial charge in [0.1, 0.15) is 5.69 Å². The molecule has 0 aliphatic carbocycles. The Kier molecular flexibility index (Phi) is 3.93. The average molecular weight is 274 g/mol. The molecule has 0 aliphatic heterocycles. The first-order chi connectivity index (χ1) is 9.56. The van der Waals surface area contributed by atoms with E-state index in [-0.39, 0.29) is 11.6 Å². The highest BCUT2D eigenvalue weighted by atomic mass is 16.2. The van der Waals surface area contributed by atoms with Crippen LogP contribution in [0.1, 0.15) is 12.6 Å². The molecule has 1 heterocycles. The van der Waals surface area contributed by atoms with Crippen molar-refractivity contribution in [2.45, 2.75) is 13.8 Å². The Morgan fingerprint density at radius 3 is 2.50 bits per heavy atom. The minimum absolute atomic E-state index is 0.248. The molecule has 0 aliphatic rings. The maximum absolute atomic E-state index is 12.5. The number of nitrogens with zero attached hydrogens (tertiary/aromatic N) is 2. The van der Waals surface area contributed by atoms with Crippen LogP contribution in [0, 0.1) is 6.92 Å². The Morgan fingerprint density at radius 1 is 1.25 bits per heavy atom. The van der Waals surface area contributed by atoms with Crippen LogP contribution >= 0.6 is 0 Å². The summed E-state index contributed by atoms with van der Waals surface area (Å²) in [7, 11) is 1.78. The monoisotopic (exact) mass is 274 g/mol. The number of para-hydroxylation sites is 1. The van der Waals surface area contributed by atoms with Crippen LogP contribution in [0.2, 0.25) is 0 Å². The van der Waals surface area contributed by atoms with Crippen LogP contribution in [-0.2, 0) is 7.05 Å². The van der Waals surface area contributed by atoms with Crippen molar-refractivity contribution in [3.63, 3.8) is 0 Å². The average Bonchev–Trinajstić information content (AvgIpc) is 2.64. The summed E-state index contributed by atoms with van der Waals surface area (Å²) < 4.78 is 3.25. The molecule has 2 rings (SSSR count). The maximum atomic E-state index is 12.5. The van der Waals surface area contributed by atoms with Crippen LogP contribution < -0.4 is 16.2 Å². The van der Waals surface area contributed by atoms with Crippen molar-refractivity contribution in [2.75, 3.05) is 11.9 Å². The molecule has 6 heteroatoms. The van der Waals surface area contributed by atoms with Gasteiger partial charge in [0.25, 0.3) is 5.56 Å². The number of carbonyl (C=O) groups excluding carboxylic acids is 1. The molecule has 0 spiro atoms. The number of benzene rings is 1. The second-order valence-corrected chi connectivity index (χ2v) is 4.42. The third-order valence-corrected chi connectivity index (χ3v) is 3.13. The Bertz CT molecular complexity index is 670. The van der Waals surface area contributed by atoms with Crippen LogP contribution in [0.3, 0.4) is 0 Å². The fourth-order valence-corrected chi connectivity index (χ4v) is 2.03. The number of nitrogens with one attached hydrogen (secondary N) is 2. The summed E-state index contributed by atoms with van der Waals surface area (Å²) >= 11 is 0. The van der Waals surface area contributed by atoms with Gasteiger partial charge in [-0.05, 0) is 26.0 Å². The van der Waals surface area contributed by atoms with Gasteiger partial charge >= 0.3 is 6.03 Å². The lowest BCUT2D eigenvalue weighted by Crippen LogP contribution is -2.31. The number of amides is 2. The van der Waals surface area contributed by atoms with Gasteiger partial charge in [-0.1, -0.05) is 18.2 Å². The van der Waals surface area contributed by atoms with Crippen molar-refractivity contribution >= 4 is 11.7 Å². The number of urea groups is 1. The van der Waals surface area contributed by atoms with Gasteiger partial charge < -0.3 is 10.6 Å². The summed E-state index contributed by atoms with van der Waals surface area (Å²) in [6, 6.07) is 8.92. The summed E-state index contributed by atoms with van der Waals surface area (Å²) in [5.41, 5.74) is 1.50. The molecule has 0 fully saturated rings. The molecule has 0 radical (unpaired) electrons. The van der Waals surface area contributed by atoms with Crippen molar-refractivity contribution in [1.29, 1.82) is 0 Å². The van der Waals surface area contributed by atoms with Crippen LogP contribution in [-0.4, -0.2) is 21.9 Å². The van der Waals surface area contributed by atoms with E-state index in [1.165, 1.54) is 4.68 Å². The predicted molar refractivity (Wildman–Crippen MR) is 78.4 cm³/mol. The normalized spacial score (nSPS) is 10.3. The number of aromatic nitrogens is 2. The van der Waals surface area contributed by atoms with Crippen molar-refractivity contribution in [1.82, 2.24) is 14.7 Å². The molecule has 6 nitrogen and oxygen atoms in total. The first-order valence-electron chi connectivity index (χ1n) is 6.45. The first-order valence-corrected chi connectivity index (χ1v) is 6.45. The second kappa shape index (κ2) is 5.64. The number of hydrogen-bond donors (Lipinski definition) is 2. The van der Waals surface area contributed by atoms with E-state index in [1.807, 2.05) is 37.3 Å². The zero-order valence-electron chi connectivity index (χ0n) is 11.8. The third-order valence-electron chi connectivity index (χ3n) is 3.13. The Labute approximate surface area is 117 Å². The van der Waals surface area contributed by atoms with E-state index in [4.69, 9.17) is 0 Å². The molecule has 106 valence electrons. The molecule has 1 aromatic heterocycles. The molecular weight excluding hydrogens is 256 g/mol. The summed E-state index contributed by atoms with van der Waals surface area (Å²) in [4.78, 5) is 24.0. The van der Waals surface area contributed by atoms with E-state index in [1.54, 1.807) is 18.7 Å². The molecule has 2 amide bonds. The number of carbonyl (C=O) groups is 1. The van der Waals surface area contributed by atoms with Crippen molar-refractivity contribution in [3.8, 4) is 5.69 Å².